The molecule has 0 aliphatic carbocycles. The molecule has 0 saturated carbocycles. The Hall–Kier alpha value is -1.68. The Morgan fingerprint density at radius 1 is 1.10 bits per heavy atom. The molecular weight excluding hydrogens is 304 g/mol. The Bertz CT molecular complexity index is 507. The molecule has 0 bridgehead atoms. The number of carbonyl (C=O) groups excluding carboxylic acids is 1. The quantitative estimate of drug-likeness (QED) is 0.618. The van der Waals surface area contributed by atoms with Crippen molar-refractivity contribution in [2.75, 3.05) is 32.4 Å². The number of carboxylic acid groups (broad SMARTS) is 2. The summed E-state index contributed by atoms with van der Waals surface area (Å²) in [5, 5.41) is 17.4. The molecule has 9 nitrogen and oxygen atoms in total. The lowest BCUT2D eigenvalue weighted by molar-refractivity contribution is -0.151. The first kappa shape index (κ1) is 17.4. The van der Waals surface area contributed by atoms with Gasteiger partial charge in [-0.05, 0) is 12.8 Å². The van der Waals surface area contributed by atoms with E-state index in [4.69, 9.17) is 10.2 Å². The van der Waals surface area contributed by atoms with Crippen molar-refractivity contribution in [2.24, 2.45) is 5.92 Å². The molecule has 1 fully saturated rings. The zero-order valence-corrected chi connectivity index (χ0v) is 12.4. The second-order valence-corrected chi connectivity index (χ2v) is 6.90. The third-order valence-electron chi connectivity index (χ3n) is 3.24. The van der Waals surface area contributed by atoms with E-state index in [2.05, 4.69) is 0 Å². The van der Waals surface area contributed by atoms with Crippen LogP contribution in [0.4, 0.5) is 0 Å². The Labute approximate surface area is 122 Å². The van der Waals surface area contributed by atoms with Gasteiger partial charge in [0.05, 0.1) is 6.26 Å². The number of hydrogen-bond donors (Lipinski definition) is 2. The number of carboxylic acids is 2. The summed E-state index contributed by atoms with van der Waals surface area (Å²) < 4.78 is 24.0. The topological polar surface area (TPSA) is 132 Å². The second-order valence-electron chi connectivity index (χ2n) is 4.92. The maximum Gasteiger partial charge on any atom is 0.323 e. The van der Waals surface area contributed by atoms with Gasteiger partial charge in [-0.25, -0.2) is 12.7 Å². The van der Waals surface area contributed by atoms with Crippen molar-refractivity contribution in [1.82, 2.24) is 9.21 Å². The molecule has 2 N–H and O–H groups in total. The Morgan fingerprint density at radius 2 is 1.52 bits per heavy atom. The number of hydrogen-bond acceptors (Lipinski definition) is 5. The van der Waals surface area contributed by atoms with Crippen molar-refractivity contribution in [3.05, 3.63) is 0 Å². The average molecular weight is 322 g/mol. The molecular formula is C11H18N2O7S. The Kier molecular flexibility index (Phi) is 5.67. The van der Waals surface area contributed by atoms with E-state index < -0.39 is 46.9 Å². The standard InChI is InChI=1S/C11H18N2O7S/c1-21(19,20)13-4-2-8(3-5-13)11(18)12(6-9(14)15)7-10(16)17/h8H,2-7H2,1H3,(H,14,15)(H,16,17). The van der Waals surface area contributed by atoms with Gasteiger partial charge in [0, 0.05) is 19.0 Å². The minimum absolute atomic E-state index is 0.170. The Balaban J connectivity index is 2.69. The summed E-state index contributed by atoms with van der Waals surface area (Å²) in [4.78, 5) is 34.3. The molecule has 0 spiro atoms. The summed E-state index contributed by atoms with van der Waals surface area (Å²) in [6, 6.07) is 0. The van der Waals surface area contributed by atoms with E-state index in [1.54, 1.807) is 0 Å². The molecule has 0 atom stereocenters. The first-order valence-electron chi connectivity index (χ1n) is 6.28. The van der Waals surface area contributed by atoms with Crippen molar-refractivity contribution in [3.63, 3.8) is 0 Å². The van der Waals surface area contributed by atoms with Crippen LogP contribution in [0, 0.1) is 5.92 Å². The number of amides is 1. The van der Waals surface area contributed by atoms with Gasteiger partial charge >= 0.3 is 11.9 Å². The van der Waals surface area contributed by atoms with E-state index in [0.29, 0.717) is 0 Å². The summed E-state index contributed by atoms with van der Waals surface area (Å²) in [5.41, 5.74) is 0. The first-order chi connectivity index (χ1) is 9.61. The smallest absolute Gasteiger partial charge is 0.323 e. The molecule has 1 saturated heterocycles. The molecule has 0 radical (unpaired) electrons. The predicted molar refractivity (Wildman–Crippen MR) is 71.0 cm³/mol. The van der Waals surface area contributed by atoms with E-state index in [1.807, 2.05) is 0 Å². The Morgan fingerprint density at radius 3 is 1.86 bits per heavy atom. The van der Waals surface area contributed by atoms with Crippen molar-refractivity contribution in [1.29, 1.82) is 0 Å². The molecule has 1 heterocycles. The zero-order valence-electron chi connectivity index (χ0n) is 11.6. The van der Waals surface area contributed by atoms with Crippen molar-refractivity contribution in [3.8, 4) is 0 Å². The van der Waals surface area contributed by atoms with Gasteiger partial charge in [-0.3, -0.25) is 14.4 Å². The zero-order chi connectivity index (χ0) is 16.2. The third kappa shape index (κ3) is 5.31. The van der Waals surface area contributed by atoms with Gasteiger partial charge in [-0.15, -0.1) is 0 Å². The number of sulfonamides is 1. The summed E-state index contributed by atoms with van der Waals surface area (Å²) in [7, 11) is -3.31. The van der Waals surface area contributed by atoms with Crippen LogP contribution in [0.5, 0.6) is 0 Å². The SMILES string of the molecule is CS(=O)(=O)N1CCC(C(=O)N(CC(=O)O)CC(=O)O)CC1. The highest BCUT2D eigenvalue weighted by Gasteiger charge is 2.32. The number of carbonyl (C=O) groups is 3. The fraction of sp³-hybridized carbons (Fsp3) is 0.727. The number of nitrogens with zero attached hydrogens (tertiary/aromatic N) is 2. The molecule has 1 aliphatic rings. The molecule has 120 valence electrons. The van der Waals surface area contributed by atoms with Gasteiger partial charge in [0.25, 0.3) is 0 Å². The molecule has 1 aliphatic heterocycles. The first-order valence-corrected chi connectivity index (χ1v) is 8.13. The van der Waals surface area contributed by atoms with Gasteiger partial charge in [-0.2, -0.15) is 0 Å². The molecule has 0 unspecified atom stereocenters. The lowest BCUT2D eigenvalue weighted by atomic mass is 9.96. The van der Waals surface area contributed by atoms with E-state index in [9.17, 15) is 22.8 Å². The molecule has 0 aromatic rings. The summed E-state index contributed by atoms with van der Waals surface area (Å²) in [6.45, 7) is -1.03. The number of aliphatic carboxylic acids is 2. The minimum Gasteiger partial charge on any atom is -0.480 e. The molecule has 0 aromatic carbocycles. The summed E-state index contributed by atoms with van der Waals surface area (Å²) in [5.74, 6) is -3.70. The molecule has 0 aromatic heterocycles. The lowest BCUT2D eigenvalue weighted by Crippen LogP contribution is -2.46. The van der Waals surface area contributed by atoms with E-state index >= 15 is 0 Å². The van der Waals surface area contributed by atoms with Crippen molar-refractivity contribution >= 4 is 27.9 Å². The highest BCUT2D eigenvalue weighted by Crippen LogP contribution is 2.21. The van der Waals surface area contributed by atoms with Gasteiger partial charge in [0.1, 0.15) is 13.1 Å². The van der Waals surface area contributed by atoms with Crippen LogP contribution in [0.3, 0.4) is 0 Å². The van der Waals surface area contributed by atoms with E-state index in [1.165, 1.54) is 4.31 Å². The normalized spacial score (nSPS) is 17.4. The van der Waals surface area contributed by atoms with E-state index in [-0.39, 0.29) is 25.9 Å². The summed E-state index contributed by atoms with van der Waals surface area (Å²) in [6.07, 6.45) is 1.58. The largest absolute Gasteiger partial charge is 0.480 e. The van der Waals surface area contributed by atoms with Crippen molar-refractivity contribution in [2.45, 2.75) is 12.8 Å². The molecule has 10 heteroatoms. The number of rotatable bonds is 6. The summed E-state index contributed by atoms with van der Waals surface area (Å²) >= 11 is 0. The average Bonchev–Trinajstić information content (AvgIpc) is 2.35. The second kappa shape index (κ2) is 6.85. The molecule has 21 heavy (non-hydrogen) atoms. The van der Waals surface area contributed by atoms with Crippen LogP contribution in [0.2, 0.25) is 0 Å². The highest BCUT2D eigenvalue weighted by molar-refractivity contribution is 7.88. The van der Waals surface area contributed by atoms with Crippen LogP contribution >= 0.6 is 0 Å². The van der Waals surface area contributed by atoms with Crippen LogP contribution in [0.15, 0.2) is 0 Å². The van der Waals surface area contributed by atoms with Crippen molar-refractivity contribution < 1.29 is 33.0 Å². The van der Waals surface area contributed by atoms with Crippen LogP contribution in [0.25, 0.3) is 0 Å². The van der Waals surface area contributed by atoms with Crippen LogP contribution < -0.4 is 0 Å². The van der Waals surface area contributed by atoms with Crippen LogP contribution in [0.1, 0.15) is 12.8 Å². The van der Waals surface area contributed by atoms with Gasteiger partial charge in [0.2, 0.25) is 15.9 Å². The number of piperidine rings is 1. The van der Waals surface area contributed by atoms with E-state index in [0.717, 1.165) is 11.2 Å². The predicted octanol–water partition coefficient (Wildman–Crippen LogP) is -1.34. The molecule has 1 amide bonds. The third-order valence-corrected chi connectivity index (χ3v) is 4.54. The fourth-order valence-electron chi connectivity index (χ4n) is 2.23. The lowest BCUT2D eigenvalue weighted by Gasteiger charge is -2.32. The maximum absolute atomic E-state index is 12.2. The van der Waals surface area contributed by atoms with Gasteiger partial charge < -0.3 is 15.1 Å². The highest BCUT2D eigenvalue weighted by atomic mass is 32.2. The van der Waals surface area contributed by atoms with Crippen LogP contribution in [-0.2, 0) is 24.4 Å². The van der Waals surface area contributed by atoms with Gasteiger partial charge in [0.15, 0.2) is 0 Å². The monoisotopic (exact) mass is 322 g/mol. The van der Waals surface area contributed by atoms with Gasteiger partial charge in [-0.1, -0.05) is 0 Å². The minimum atomic E-state index is -3.31. The molecule has 1 rings (SSSR count). The fourth-order valence-corrected chi connectivity index (χ4v) is 3.10. The maximum atomic E-state index is 12.2. The van der Waals surface area contributed by atoms with Crippen LogP contribution in [-0.4, -0.2) is 78.1 Å².